The zero-order valence-electron chi connectivity index (χ0n) is 10.2. The van der Waals surface area contributed by atoms with Crippen LogP contribution in [0.4, 0.5) is 18.9 Å². The molecule has 0 aliphatic carbocycles. The van der Waals surface area contributed by atoms with Crippen molar-refractivity contribution in [3.8, 4) is 0 Å². The van der Waals surface area contributed by atoms with Crippen LogP contribution in [0.3, 0.4) is 0 Å². The summed E-state index contributed by atoms with van der Waals surface area (Å²) in [7, 11) is 0. The Kier molecular flexibility index (Phi) is 3.93. The summed E-state index contributed by atoms with van der Waals surface area (Å²) in [6.07, 6.45) is 0. The molecule has 0 unspecified atom stereocenters. The average Bonchev–Trinajstić information content (AvgIpc) is 2.41. The summed E-state index contributed by atoms with van der Waals surface area (Å²) in [6, 6.07) is 6.67. The second kappa shape index (κ2) is 5.64. The molecule has 0 atom stereocenters. The Balaban J connectivity index is 2.11. The zero-order chi connectivity index (χ0) is 14.7. The second-order valence-electron chi connectivity index (χ2n) is 4.01. The summed E-state index contributed by atoms with van der Waals surface area (Å²) < 4.78 is 44.5. The van der Waals surface area contributed by atoms with E-state index in [0.717, 1.165) is 18.2 Å². The van der Waals surface area contributed by atoms with E-state index in [4.69, 9.17) is 10.5 Å². The molecule has 2 aromatic carbocycles. The fraction of sp³-hybridized carbons (Fsp3) is 0.0714. The van der Waals surface area contributed by atoms with Gasteiger partial charge < -0.3 is 10.5 Å². The van der Waals surface area contributed by atoms with Gasteiger partial charge in [-0.1, -0.05) is 6.07 Å². The number of benzene rings is 2. The molecule has 0 heterocycles. The van der Waals surface area contributed by atoms with Crippen LogP contribution in [0.25, 0.3) is 0 Å². The van der Waals surface area contributed by atoms with Crippen LogP contribution in [0.2, 0.25) is 0 Å². The smallest absolute Gasteiger partial charge is 0.338 e. The van der Waals surface area contributed by atoms with E-state index < -0.39 is 30.0 Å². The van der Waals surface area contributed by atoms with Crippen molar-refractivity contribution in [3.63, 3.8) is 0 Å². The topological polar surface area (TPSA) is 52.3 Å². The predicted octanol–water partition coefficient (Wildman–Crippen LogP) is 3.04. The predicted molar refractivity (Wildman–Crippen MR) is 66.3 cm³/mol. The van der Waals surface area contributed by atoms with Gasteiger partial charge in [0.1, 0.15) is 24.1 Å². The lowest BCUT2D eigenvalue weighted by Gasteiger charge is -2.07. The Labute approximate surface area is 112 Å². The van der Waals surface area contributed by atoms with Gasteiger partial charge in [-0.3, -0.25) is 0 Å². The van der Waals surface area contributed by atoms with E-state index in [0.29, 0.717) is 0 Å². The number of halogens is 3. The fourth-order valence-corrected chi connectivity index (χ4v) is 1.55. The summed E-state index contributed by atoms with van der Waals surface area (Å²) in [6.45, 7) is -0.580. The first-order valence-corrected chi connectivity index (χ1v) is 5.64. The van der Waals surface area contributed by atoms with Gasteiger partial charge in [0.05, 0.1) is 16.8 Å². The Hall–Kier alpha value is -2.50. The Morgan fingerprint density at radius 1 is 1.05 bits per heavy atom. The van der Waals surface area contributed by atoms with Crippen molar-refractivity contribution in [2.75, 3.05) is 5.73 Å². The van der Waals surface area contributed by atoms with Gasteiger partial charge >= 0.3 is 5.97 Å². The van der Waals surface area contributed by atoms with Crippen molar-refractivity contribution in [2.45, 2.75) is 6.61 Å². The minimum absolute atomic E-state index is 0.0894. The number of rotatable bonds is 3. The van der Waals surface area contributed by atoms with E-state index in [2.05, 4.69) is 0 Å². The van der Waals surface area contributed by atoms with Gasteiger partial charge in [-0.2, -0.15) is 0 Å². The van der Waals surface area contributed by atoms with Crippen molar-refractivity contribution in [1.29, 1.82) is 0 Å². The van der Waals surface area contributed by atoms with Crippen LogP contribution in [0.1, 0.15) is 15.9 Å². The molecular weight excluding hydrogens is 271 g/mol. The summed E-state index contributed by atoms with van der Waals surface area (Å²) in [5, 5.41) is 0. The van der Waals surface area contributed by atoms with Gasteiger partial charge in [-0.15, -0.1) is 0 Å². The number of ether oxygens (including phenoxy) is 1. The van der Waals surface area contributed by atoms with E-state index in [1.165, 1.54) is 18.2 Å². The molecule has 0 aliphatic rings. The normalized spacial score (nSPS) is 10.3. The fourth-order valence-electron chi connectivity index (χ4n) is 1.55. The second-order valence-corrected chi connectivity index (χ2v) is 4.01. The molecule has 20 heavy (non-hydrogen) atoms. The molecule has 0 spiro atoms. The van der Waals surface area contributed by atoms with Gasteiger partial charge in [0.25, 0.3) is 0 Å². The first-order chi connectivity index (χ1) is 9.49. The highest BCUT2D eigenvalue weighted by atomic mass is 19.1. The number of nitrogens with two attached hydrogens (primary N) is 1. The van der Waals surface area contributed by atoms with Gasteiger partial charge in [-0.25, -0.2) is 18.0 Å². The Morgan fingerprint density at radius 2 is 1.70 bits per heavy atom. The summed E-state index contributed by atoms with van der Waals surface area (Å²) >= 11 is 0. The van der Waals surface area contributed by atoms with Crippen LogP contribution in [-0.2, 0) is 11.3 Å². The number of carbonyl (C=O) groups excluding carboxylic acids is 1. The van der Waals surface area contributed by atoms with Crippen LogP contribution < -0.4 is 5.73 Å². The third-order valence-corrected chi connectivity index (χ3v) is 2.65. The molecule has 3 nitrogen and oxygen atoms in total. The molecular formula is C14H10F3NO2. The third kappa shape index (κ3) is 2.90. The van der Waals surface area contributed by atoms with Crippen LogP contribution in [-0.4, -0.2) is 5.97 Å². The minimum Gasteiger partial charge on any atom is -0.457 e. The minimum atomic E-state index is -0.897. The standard InChI is InChI=1S/C14H10F3NO2/c15-10-2-1-3-11(16)9(10)7-20-14(19)8-4-5-13(18)12(17)6-8/h1-6H,7,18H2. The van der Waals surface area contributed by atoms with Gasteiger partial charge in [0.2, 0.25) is 0 Å². The molecule has 2 aromatic rings. The van der Waals surface area contributed by atoms with Crippen LogP contribution in [0, 0.1) is 17.5 Å². The number of carbonyl (C=O) groups is 1. The van der Waals surface area contributed by atoms with Crippen LogP contribution in [0.15, 0.2) is 36.4 Å². The lowest BCUT2D eigenvalue weighted by Crippen LogP contribution is -2.08. The molecule has 6 heteroatoms. The SMILES string of the molecule is Nc1ccc(C(=O)OCc2c(F)cccc2F)cc1F. The van der Waals surface area contributed by atoms with Crippen molar-refractivity contribution >= 4 is 11.7 Å². The molecule has 2 N–H and O–H groups in total. The maximum Gasteiger partial charge on any atom is 0.338 e. The Bertz CT molecular complexity index is 639. The van der Waals surface area contributed by atoms with Gasteiger partial charge in [0.15, 0.2) is 0 Å². The molecule has 0 fully saturated rings. The van der Waals surface area contributed by atoms with Crippen molar-refractivity contribution in [2.24, 2.45) is 0 Å². The monoisotopic (exact) mass is 281 g/mol. The van der Waals surface area contributed by atoms with Crippen LogP contribution >= 0.6 is 0 Å². The largest absolute Gasteiger partial charge is 0.457 e. The van der Waals surface area contributed by atoms with E-state index in [9.17, 15) is 18.0 Å². The molecule has 0 bridgehead atoms. The van der Waals surface area contributed by atoms with E-state index in [1.54, 1.807) is 0 Å². The third-order valence-electron chi connectivity index (χ3n) is 2.65. The average molecular weight is 281 g/mol. The molecule has 0 radical (unpaired) electrons. The summed E-state index contributed by atoms with van der Waals surface area (Å²) in [5.74, 6) is -3.30. The lowest BCUT2D eigenvalue weighted by atomic mass is 10.2. The van der Waals surface area contributed by atoms with Gasteiger partial charge in [-0.05, 0) is 30.3 Å². The maximum absolute atomic E-state index is 13.3. The Morgan fingerprint density at radius 3 is 2.30 bits per heavy atom. The van der Waals surface area contributed by atoms with Gasteiger partial charge in [0, 0.05) is 0 Å². The zero-order valence-corrected chi connectivity index (χ0v) is 10.2. The molecule has 104 valence electrons. The molecule has 0 saturated carbocycles. The summed E-state index contributed by atoms with van der Waals surface area (Å²) in [4.78, 5) is 11.6. The lowest BCUT2D eigenvalue weighted by molar-refractivity contribution is 0.0464. The molecule has 0 amide bonds. The quantitative estimate of drug-likeness (QED) is 0.695. The van der Waals surface area contributed by atoms with Crippen LogP contribution in [0.5, 0.6) is 0 Å². The number of esters is 1. The highest BCUT2D eigenvalue weighted by Crippen LogP contribution is 2.16. The first-order valence-electron chi connectivity index (χ1n) is 5.64. The number of anilines is 1. The molecule has 0 aromatic heterocycles. The van der Waals surface area contributed by atoms with Crippen molar-refractivity contribution in [1.82, 2.24) is 0 Å². The highest BCUT2D eigenvalue weighted by molar-refractivity contribution is 5.89. The summed E-state index contributed by atoms with van der Waals surface area (Å²) in [5.41, 5.74) is 4.70. The number of hydrogen-bond donors (Lipinski definition) is 1. The van der Waals surface area contributed by atoms with Crippen molar-refractivity contribution < 1.29 is 22.7 Å². The van der Waals surface area contributed by atoms with Crippen molar-refractivity contribution in [3.05, 3.63) is 65.0 Å². The molecule has 2 rings (SSSR count). The van der Waals surface area contributed by atoms with E-state index >= 15 is 0 Å². The number of nitrogen functional groups attached to an aromatic ring is 1. The first kappa shape index (κ1) is 13.9. The molecule has 0 aliphatic heterocycles. The highest BCUT2D eigenvalue weighted by Gasteiger charge is 2.13. The van der Waals surface area contributed by atoms with E-state index in [-0.39, 0.29) is 16.8 Å². The number of hydrogen-bond acceptors (Lipinski definition) is 3. The maximum atomic E-state index is 13.3. The molecule has 0 saturated heterocycles. The van der Waals surface area contributed by atoms with E-state index in [1.807, 2.05) is 0 Å².